The first-order chi connectivity index (χ1) is 7.79. The fourth-order valence-electron chi connectivity index (χ4n) is 0.868. The predicted molar refractivity (Wildman–Crippen MR) is 58.4 cm³/mol. The number of carbonyl (C=O) groups excluding carboxylic acids is 1. The second-order valence-corrected chi connectivity index (χ2v) is 5.05. The summed E-state index contributed by atoms with van der Waals surface area (Å²) in [5, 5.41) is 8.35. The molecule has 9 heteroatoms. The Morgan fingerprint density at radius 2 is 1.94 bits per heavy atom. The van der Waals surface area contributed by atoms with Crippen molar-refractivity contribution in [1.29, 1.82) is 0 Å². The third kappa shape index (κ3) is 6.87. The number of nitrogens with zero attached hydrogens (tertiary/aromatic N) is 1. The lowest BCUT2D eigenvalue weighted by atomic mass is 10.4. The molecule has 0 aromatic rings. The molecule has 17 heavy (non-hydrogen) atoms. The van der Waals surface area contributed by atoms with E-state index in [1.54, 1.807) is 0 Å². The van der Waals surface area contributed by atoms with E-state index in [9.17, 15) is 18.0 Å². The van der Waals surface area contributed by atoms with Crippen LogP contribution in [0.3, 0.4) is 0 Å². The summed E-state index contributed by atoms with van der Waals surface area (Å²) in [5.74, 6) is -1.61. The number of methoxy groups -OCH3 is 1. The summed E-state index contributed by atoms with van der Waals surface area (Å²) in [4.78, 5) is 21.0. The predicted octanol–water partition coefficient (Wildman–Crippen LogP) is -1.21. The first kappa shape index (κ1) is 15.8. The molecule has 0 aliphatic carbocycles. The van der Waals surface area contributed by atoms with Crippen LogP contribution in [0.5, 0.6) is 0 Å². The molecule has 2 N–H and O–H groups in total. The highest BCUT2D eigenvalue weighted by Gasteiger charge is 2.18. The molecular formula is C8H16N2O6S. The van der Waals surface area contributed by atoms with Gasteiger partial charge in [-0.2, -0.15) is 12.7 Å². The molecule has 0 atom stereocenters. The Bertz CT molecular complexity index is 366. The summed E-state index contributed by atoms with van der Waals surface area (Å²) in [5.41, 5.74) is 0. The molecule has 0 rings (SSSR count). The summed E-state index contributed by atoms with van der Waals surface area (Å²) >= 11 is 0. The summed E-state index contributed by atoms with van der Waals surface area (Å²) in [7, 11) is -1.25. The maximum atomic E-state index is 11.5. The van der Waals surface area contributed by atoms with Crippen molar-refractivity contribution in [2.45, 2.75) is 12.8 Å². The number of carboxylic acids is 1. The molecule has 0 aliphatic rings. The second kappa shape index (κ2) is 7.20. The Labute approximate surface area is 99.7 Å². The van der Waals surface area contributed by atoms with E-state index in [0.29, 0.717) is 0 Å². The molecular weight excluding hydrogens is 252 g/mol. The molecule has 0 spiro atoms. The standard InChI is InChI=1S/C8H16N2O6S/c1-10(6-4-8(13)16-2)17(14,15)9-5-3-7(11)12/h9H,3-6H2,1-2H3,(H,11,12). The van der Waals surface area contributed by atoms with Crippen LogP contribution in [0.2, 0.25) is 0 Å². The smallest absolute Gasteiger partial charge is 0.306 e. The van der Waals surface area contributed by atoms with Gasteiger partial charge in [0.15, 0.2) is 0 Å². The van der Waals surface area contributed by atoms with Gasteiger partial charge in [0.05, 0.1) is 20.0 Å². The average molecular weight is 268 g/mol. The van der Waals surface area contributed by atoms with Gasteiger partial charge in [0.2, 0.25) is 0 Å². The summed E-state index contributed by atoms with van der Waals surface area (Å²) in [6, 6.07) is 0. The topological polar surface area (TPSA) is 113 Å². The average Bonchev–Trinajstić information content (AvgIpc) is 2.24. The number of hydrogen-bond acceptors (Lipinski definition) is 5. The lowest BCUT2D eigenvalue weighted by molar-refractivity contribution is -0.140. The van der Waals surface area contributed by atoms with Crippen LogP contribution < -0.4 is 4.72 Å². The number of rotatable bonds is 8. The number of nitrogens with one attached hydrogen (secondary N) is 1. The van der Waals surface area contributed by atoms with Crippen molar-refractivity contribution in [2.75, 3.05) is 27.2 Å². The normalized spacial score (nSPS) is 11.5. The van der Waals surface area contributed by atoms with Gasteiger partial charge in [-0.15, -0.1) is 0 Å². The fourth-order valence-corrected chi connectivity index (χ4v) is 1.78. The summed E-state index contributed by atoms with van der Waals surface area (Å²) in [6.07, 6.45) is -0.364. The van der Waals surface area contributed by atoms with Crippen molar-refractivity contribution >= 4 is 22.1 Å². The number of hydrogen-bond donors (Lipinski definition) is 2. The third-order valence-electron chi connectivity index (χ3n) is 1.89. The van der Waals surface area contributed by atoms with Crippen molar-refractivity contribution < 1.29 is 27.9 Å². The van der Waals surface area contributed by atoms with Crippen molar-refractivity contribution in [3.05, 3.63) is 0 Å². The largest absolute Gasteiger partial charge is 0.481 e. The molecule has 0 aliphatic heterocycles. The minimum Gasteiger partial charge on any atom is -0.481 e. The fraction of sp³-hybridized carbons (Fsp3) is 0.750. The zero-order valence-corrected chi connectivity index (χ0v) is 10.5. The summed E-state index contributed by atoms with van der Waals surface area (Å²) < 4.78 is 30.4. The molecule has 0 amide bonds. The van der Waals surface area contributed by atoms with E-state index in [4.69, 9.17) is 5.11 Å². The molecule has 100 valence electrons. The van der Waals surface area contributed by atoms with Crippen LogP contribution in [0.15, 0.2) is 0 Å². The maximum absolute atomic E-state index is 11.5. The molecule has 0 saturated heterocycles. The molecule has 0 heterocycles. The van der Waals surface area contributed by atoms with E-state index in [1.165, 1.54) is 14.2 Å². The number of ether oxygens (including phenoxy) is 1. The number of esters is 1. The van der Waals surface area contributed by atoms with Gasteiger partial charge < -0.3 is 9.84 Å². The van der Waals surface area contributed by atoms with E-state index in [1.807, 2.05) is 0 Å². The van der Waals surface area contributed by atoms with E-state index >= 15 is 0 Å². The minimum atomic E-state index is -3.75. The van der Waals surface area contributed by atoms with E-state index in [0.717, 1.165) is 4.31 Å². The van der Waals surface area contributed by atoms with Gasteiger partial charge in [-0.25, -0.2) is 4.72 Å². The zero-order chi connectivity index (χ0) is 13.5. The van der Waals surface area contributed by atoms with Gasteiger partial charge in [0, 0.05) is 20.1 Å². The molecule has 0 fully saturated rings. The van der Waals surface area contributed by atoms with Crippen LogP contribution in [0, 0.1) is 0 Å². The molecule has 8 nitrogen and oxygen atoms in total. The second-order valence-electron chi connectivity index (χ2n) is 3.19. The van der Waals surface area contributed by atoms with Gasteiger partial charge in [0.1, 0.15) is 0 Å². The highest BCUT2D eigenvalue weighted by molar-refractivity contribution is 7.87. The minimum absolute atomic E-state index is 0.0327. The first-order valence-corrected chi connectivity index (χ1v) is 6.23. The number of carbonyl (C=O) groups is 2. The van der Waals surface area contributed by atoms with Crippen LogP contribution >= 0.6 is 0 Å². The Morgan fingerprint density at radius 1 is 1.35 bits per heavy atom. The Morgan fingerprint density at radius 3 is 2.41 bits per heavy atom. The first-order valence-electron chi connectivity index (χ1n) is 4.79. The van der Waals surface area contributed by atoms with Crippen LogP contribution in [0.25, 0.3) is 0 Å². The Balaban J connectivity index is 4.11. The van der Waals surface area contributed by atoms with E-state index < -0.39 is 22.1 Å². The van der Waals surface area contributed by atoms with Crippen molar-refractivity contribution in [1.82, 2.24) is 9.03 Å². The van der Waals surface area contributed by atoms with Crippen molar-refractivity contribution in [3.63, 3.8) is 0 Å². The van der Waals surface area contributed by atoms with Crippen LogP contribution in [-0.4, -0.2) is 57.0 Å². The molecule has 0 unspecified atom stereocenters. The van der Waals surface area contributed by atoms with Crippen LogP contribution in [0.4, 0.5) is 0 Å². The third-order valence-corrected chi connectivity index (χ3v) is 3.46. The Hall–Kier alpha value is -1.19. The van der Waals surface area contributed by atoms with E-state index in [2.05, 4.69) is 9.46 Å². The quantitative estimate of drug-likeness (QED) is 0.534. The van der Waals surface area contributed by atoms with Crippen molar-refractivity contribution in [3.8, 4) is 0 Å². The highest BCUT2D eigenvalue weighted by Crippen LogP contribution is 1.97. The molecule has 0 saturated carbocycles. The van der Waals surface area contributed by atoms with Gasteiger partial charge >= 0.3 is 11.9 Å². The Kier molecular flexibility index (Phi) is 6.69. The summed E-state index contributed by atoms with van der Waals surface area (Å²) in [6.45, 7) is -0.227. The monoisotopic (exact) mass is 268 g/mol. The SMILES string of the molecule is COC(=O)CCN(C)S(=O)(=O)NCCC(=O)O. The van der Waals surface area contributed by atoms with Crippen LogP contribution in [0.1, 0.15) is 12.8 Å². The zero-order valence-electron chi connectivity index (χ0n) is 9.67. The highest BCUT2D eigenvalue weighted by atomic mass is 32.2. The van der Waals surface area contributed by atoms with Gasteiger partial charge in [-0.05, 0) is 0 Å². The number of carboxylic acid groups (broad SMARTS) is 1. The molecule has 0 aromatic heterocycles. The van der Waals surface area contributed by atoms with Gasteiger partial charge in [-0.1, -0.05) is 0 Å². The maximum Gasteiger partial charge on any atom is 0.306 e. The molecule has 0 aromatic carbocycles. The van der Waals surface area contributed by atoms with Crippen LogP contribution in [-0.2, 0) is 24.5 Å². The van der Waals surface area contributed by atoms with Gasteiger partial charge in [-0.3, -0.25) is 9.59 Å². The number of aliphatic carboxylic acids is 1. The molecule has 0 bridgehead atoms. The van der Waals surface area contributed by atoms with Gasteiger partial charge in [0.25, 0.3) is 10.2 Å². The van der Waals surface area contributed by atoms with Crippen molar-refractivity contribution in [2.24, 2.45) is 0 Å². The van der Waals surface area contributed by atoms with E-state index in [-0.39, 0.29) is 25.9 Å². The lowest BCUT2D eigenvalue weighted by Gasteiger charge is -2.16. The molecule has 0 radical (unpaired) electrons. The lowest BCUT2D eigenvalue weighted by Crippen LogP contribution is -2.40.